The minimum absolute atomic E-state index is 0.202. The van der Waals surface area contributed by atoms with E-state index in [0.717, 1.165) is 50.2 Å². The standard InChI is InChI=1S/C22H31N5OS/c1-5-16(2)14-17-18(22(29-4)7-8-22)15-20(27-10-12-28-13-11-27)24-21(17)26(3)19-6-9-23-25-19/h6,9,14-15H,5,7-8,10-13H2,1-4H3,(H,23,25). The molecule has 0 radical (unpaired) electrons. The van der Waals surface area contributed by atoms with Gasteiger partial charge in [0.15, 0.2) is 0 Å². The number of allylic oxidation sites excluding steroid dienone is 1. The van der Waals surface area contributed by atoms with E-state index in [9.17, 15) is 0 Å². The Balaban J connectivity index is 1.90. The van der Waals surface area contributed by atoms with E-state index in [1.54, 1.807) is 6.20 Å². The number of morpholine rings is 1. The molecule has 4 rings (SSSR count). The van der Waals surface area contributed by atoms with E-state index in [1.165, 1.54) is 29.5 Å². The molecule has 0 bridgehead atoms. The van der Waals surface area contributed by atoms with E-state index < -0.39 is 0 Å². The van der Waals surface area contributed by atoms with Crippen molar-refractivity contribution in [1.29, 1.82) is 0 Å². The maximum Gasteiger partial charge on any atom is 0.143 e. The predicted octanol–water partition coefficient (Wildman–Crippen LogP) is 4.57. The molecule has 1 N–H and O–H groups in total. The lowest BCUT2D eigenvalue weighted by molar-refractivity contribution is 0.122. The lowest BCUT2D eigenvalue weighted by Crippen LogP contribution is -2.37. The molecule has 0 unspecified atom stereocenters. The molecule has 2 aliphatic rings. The maximum atomic E-state index is 5.57. The summed E-state index contributed by atoms with van der Waals surface area (Å²) in [6.07, 6.45) is 9.84. The lowest BCUT2D eigenvalue weighted by Gasteiger charge is -2.31. The highest BCUT2D eigenvalue weighted by atomic mass is 32.2. The number of rotatable bonds is 7. The highest BCUT2D eigenvalue weighted by molar-refractivity contribution is 7.99. The van der Waals surface area contributed by atoms with Crippen LogP contribution in [0.5, 0.6) is 0 Å². The van der Waals surface area contributed by atoms with Crippen molar-refractivity contribution in [2.45, 2.75) is 37.9 Å². The van der Waals surface area contributed by atoms with Gasteiger partial charge in [0.1, 0.15) is 17.5 Å². The SMILES string of the molecule is CCC(C)=Cc1c(C2(SC)CC2)cc(N2CCOCC2)nc1N(C)c1ccn[nH]1. The lowest BCUT2D eigenvalue weighted by atomic mass is 10.00. The molecule has 0 spiro atoms. The van der Waals surface area contributed by atoms with E-state index in [4.69, 9.17) is 9.72 Å². The van der Waals surface area contributed by atoms with Crippen molar-refractivity contribution < 1.29 is 4.74 Å². The first-order chi connectivity index (χ1) is 14.1. The van der Waals surface area contributed by atoms with Gasteiger partial charge in [-0.3, -0.25) is 5.10 Å². The largest absolute Gasteiger partial charge is 0.378 e. The van der Waals surface area contributed by atoms with E-state index in [0.29, 0.717) is 0 Å². The molecule has 2 aromatic rings. The average molecular weight is 414 g/mol. The molecule has 3 heterocycles. The van der Waals surface area contributed by atoms with Crippen molar-refractivity contribution in [3.05, 3.63) is 35.0 Å². The second kappa shape index (κ2) is 8.40. The fraction of sp³-hybridized carbons (Fsp3) is 0.545. The number of anilines is 3. The van der Waals surface area contributed by atoms with Crippen LogP contribution in [0, 0.1) is 0 Å². The number of hydrogen-bond donors (Lipinski definition) is 1. The van der Waals surface area contributed by atoms with Crippen molar-refractivity contribution in [2.75, 3.05) is 49.4 Å². The summed E-state index contributed by atoms with van der Waals surface area (Å²) in [6, 6.07) is 4.33. The van der Waals surface area contributed by atoms with Crippen molar-refractivity contribution in [3.63, 3.8) is 0 Å². The van der Waals surface area contributed by atoms with Gasteiger partial charge in [-0.1, -0.05) is 18.6 Å². The molecule has 2 aromatic heterocycles. The summed E-state index contributed by atoms with van der Waals surface area (Å²) in [4.78, 5) is 9.66. The zero-order chi connectivity index (χ0) is 20.4. The molecule has 7 heteroatoms. The fourth-order valence-electron chi connectivity index (χ4n) is 3.85. The number of ether oxygens (including phenoxy) is 1. The summed E-state index contributed by atoms with van der Waals surface area (Å²) in [7, 11) is 2.07. The number of pyridine rings is 1. The number of H-pyrrole nitrogens is 1. The van der Waals surface area contributed by atoms with Crippen molar-refractivity contribution in [1.82, 2.24) is 15.2 Å². The average Bonchev–Trinajstić information content (AvgIpc) is 3.37. The van der Waals surface area contributed by atoms with Gasteiger partial charge in [0, 0.05) is 36.5 Å². The molecule has 6 nitrogen and oxygen atoms in total. The van der Waals surface area contributed by atoms with Crippen LogP contribution in [0.2, 0.25) is 0 Å². The molecule has 1 saturated heterocycles. The fourth-order valence-corrected chi connectivity index (χ4v) is 4.75. The topological polar surface area (TPSA) is 57.3 Å². The van der Waals surface area contributed by atoms with Gasteiger partial charge in [-0.2, -0.15) is 16.9 Å². The molecule has 0 amide bonds. The quantitative estimate of drug-likeness (QED) is 0.717. The molecule has 0 aromatic carbocycles. The van der Waals surface area contributed by atoms with E-state index >= 15 is 0 Å². The van der Waals surface area contributed by atoms with Gasteiger partial charge in [-0.05, 0) is 44.1 Å². The second-order valence-electron chi connectivity index (χ2n) is 7.91. The Bertz CT molecular complexity index is 870. The van der Waals surface area contributed by atoms with Crippen LogP contribution in [-0.2, 0) is 9.48 Å². The van der Waals surface area contributed by atoms with Crippen LogP contribution in [0.15, 0.2) is 23.9 Å². The predicted molar refractivity (Wildman–Crippen MR) is 122 cm³/mol. The molecule has 29 heavy (non-hydrogen) atoms. The molecule has 1 saturated carbocycles. The number of nitrogens with one attached hydrogen (secondary N) is 1. The number of aromatic nitrogens is 3. The Labute approximate surface area is 177 Å². The van der Waals surface area contributed by atoms with Crippen LogP contribution in [0.25, 0.3) is 6.08 Å². The van der Waals surface area contributed by atoms with E-state index in [-0.39, 0.29) is 4.75 Å². The number of thioether (sulfide) groups is 1. The first kappa shape index (κ1) is 20.3. The van der Waals surface area contributed by atoms with Gasteiger partial charge < -0.3 is 14.5 Å². The van der Waals surface area contributed by atoms with E-state index in [2.05, 4.69) is 59.3 Å². The first-order valence-electron chi connectivity index (χ1n) is 10.4. The summed E-state index contributed by atoms with van der Waals surface area (Å²) in [5, 5.41) is 7.24. The molecule has 156 valence electrons. The van der Waals surface area contributed by atoms with Gasteiger partial charge in [-0.15, -0.1) is 0 Å². The molecule has 0 atom stereocenters. The van der Waals surface area contributed by atoms with Crippen molar-refractivity contribution in [2.24, 2.45) is 0 Å². The smallest absolute Gasteiger partial charge is 0.143 e. The molecular weight excluding hydrogens is 382 g/mol. The van der Waals surface area contributed by atoms with Gasteiger partial charge in [-0.25, -0.2) is 4.98 Å². The number of aromatic amines is 1. The van der Waals surface area contributed by atoms with Crippen LogP contribution >= 0.6 is 11.8 Å². The molecular formula is C22H31N5OS. The summed E-state index contributed by atoms with van der Waals surface area (Å²) in [6.45, 7) is 7.70. The number of hydrogen-bond acceptors (Lipinski definition) is 6. The third kappa shape index (κ3) is 4.03. The summed E-state index contributed by atoms with van der Waals surface area (Å²) < 4.78 is 5.77. The second-order valence-corrected chi connectivity index (χ2v) is 9.10. The highest BCUT2D eigenvalue weighted by Crippen LogP contribution is 2.58. The Morgan fingerprint density at radius 1 is 1.38 bits per heavy atom. The van der Waals surface area contributed by atoms with Crippen LogP contribution in [0.3, 0.4) is 0 Å². The van der Waals surface area contributed by atoms with Gasteiger partial charge in [0.2, 0.25) is 0 Å². The van der Waals surface area contributed by atoms with Crippen LogP contribution in [0.4, 0.5) is 17.5 Å². The minimum atomic E-state index is 0.202. The first-order valence-corrected chi connectivity index (χ1v) is 11.6. The number of nitrogens with zero attached hydrogens (tertiary/aromatic N) is 4. The third-order valence-electron chi connectivity index (χ3n) is 6.06. The highest BCUT2D eigenvalue weighted by Gasteiger charge is 2.46. The summed E-state index contributed by atoms with van der Waals surface area (Å²) in [5.41, 5.74) is 4.02. The molecule has 2 fully saturated rings. The zero-order valence-electron chi connectivity index (χ0n) is 17.9. The van der Waals surface area contributed by atoms with Crippen molar-refractivity contribution in [3.8, 4) is 0 Å². The molecule has 1 aliphatic carbocycles. The third-order valence-corrected chi connectivity index (χ3v) is 7.47. The Hall–Kier alpha value is -1.99. The van der Waals surface area contributed by atoms with E-state index in [1.807, 2.05) is 17.8 Å². The minimum Gasteiger partial charge on any atom is -0.378 e. The van der Waals surface area contributed by atoms with Crippen LogP contribution in [0.1, 0.15) is 44.2 Å². The van der Waals surface area contributed by atoms with Gasteiger partial charge >= 0.3 is 0 Å². The van der Waals surface area contributed by atoms with Crippen LogP contribution in [-0.4, -0.2) is 54.8 Å². The van der Waals surface area contributed by atoms with Gasteiger partial charge in [0.25, 0.3) is 0 Å². The summed E-state index contributed by atoms with van der Waals surface area (Å²) >= 11 is 1.97. The van der Waals surface area contributed by atoms with Crippen molar-refractivity contribution >= 4 is 35.3 Å². The maximum absolute atomic E-state index is 5.57. The molecule has 1 aliphatic heterocycles. The Morgan fingerprint density at radius 3 is 2.72 bits per heavy atom. The monoisotopic (exact) mass is 413 g/mol. The van der Waals surface area contributed by atoms with Gasteiger partial charge in [0.05, 0.1) is 19.4 Å². The van der Waals surface area contributed by atoms with Crippen LogP contribution < -0.4 is 9.80 Å². The summed E-state index contributed by atoms with van der Waals surface area (Å²) in [5.74, 6) is 2.98. The Morgan fingerprint density at radius 2 is 2.14 bits per heavy atom. The normalized spacial score (nSPS) is 18.8. The Kier molecular flexibility index (Phi) is 5.88. The zero-order valence-corrected chi connectivity index (χ0v) is 18.7.